The summed E-state index contributed by atoms with van der Waals surface area (Å²) in [7, 11) is -3.83. The number of ether oxygens (including phenoxy) is 2. The van der Waals surface area contributed by atoms with E-state index in [1.54, 1.807) is 23.1 Å². The van der Waals surface area contributed by atoms with E-state index in [4.69, 9.17) is 9.47 Å². The number of hydrogen-bond acceptors (Lipinski definition) is 5. The number of sulfonamides is 1. The highest BCUT2D eigenvalue weighted by Gasteiger charge is 2.36. The molecule has 0 saturated carbocycles. The maximum atomic E-state index is 13.6. The van der Waals surface area contributed by atoms with Crippen LogP contribution in [0.25, 0.3) is 0 Å². The van der Waals surface area contributed by atoms with Crippen molar-refractivity contribution in [2.75, 3.05) is 24.0 Å². The van der Waals surface area contributed by atoms with E-state index in [9.17, 15) is 13.2 Å². The van der Waals surface area contributed by atoms with E-state index in [1.165, 1.54) is 10.4 Å². The first-order chi connectivity index (χ1) is 16.9. The molecule has 2 heterocycles. The SMILES string of the molecule is CCN(CC1COc2ccccc2O1)C(=O)c1cccc(S(=O)(=O)N2c3ccccc3CC2C)c1. The lowest BCUT2D eigenvalue weighted by Gasteiger charge is -2.31. The lowest BCUT2D eigenvalue weighted by atomic mass is 10.1. The number of rotatable bonds is 6. The molecule has 5 rings (SSSR count). The van der Waals surface area contributed by atoms with E-state index in [0.29, 0.717) is 48.9 Å². The van der Waals surface area contributed by atoms with Gasteiger partial charge in [-0.3, -0.25) is 9.10 Å². The van der Waals surface area contributed by atoms with Crippen LogP contribution in [0.3, 0.4) is 0 Å². The lowest BCUT2D eigenvalue weighted by molar-refractivity contribution is 0.0475. The van der Waals surface area contributed by atoms with Gasteiger partial charge in [0.2, 0.25) is 0 Å². The Balaban J connectivity index is 1.37. The number of fused-ring (bicyclic) bond motifs is 2. The first-order valence-corrected chi connectivity index (χ1v) is 13.2. The van der Waals surface area contributed by atoms with Crippen LogP contribution in [0.2, 0.25) is 0 Å². The normalized spacial score (nSPS) is 18.7. The molecule has 1 amide bonds. The zero-order chi connectivity index (χ0) is 24.6. The van der Waals surface area contributed by atoms with Gasteiger partial charge in [-0.2, -0.15) is 0 Å². The second kappa shape index (κ2) is 9.26. The summed E-state index contributed by atoms with van der Waals surface area (Å²) in [4.78, 5) is 15.1. The third-order valence-electron chi connectivity index (χ3n) is 6.44. The van der Waals surface area contributed by atoms with E-state index >= 15 is 0 Å². The van der Waals surface area contributed by atoms with E-state index in [1.807, 2.05) is 62.4 Å². The second-order valence-corrected chi connectivity index (χ2v) is 10.7. The van der Waals surface area contributed by atoms with Crippen LogP contribution >= 0.6 is 0 Å². The van der Waals surface area contributed by atoms with E-state index in [-0.39, 0.29) is 22.9 Å². The first kappa shape index (κ1) is 23.2. The van der Waals surface area contributed by atoms with Crippen molar-refractivity contribution in [1.29, 1.82) is 0 Å². The molecule has 2 aliphatic heterocycles. The monoisotopic (exact) mass is 492 g/mol. The van der Waals surface area contributed by atoms with Crippen molar-refractivity contribution in [3.63, 3.8) is 0 Å². The molecule has 0 spiro atoms. The predicted octanol–water partition coefficient (Wildman–Crippen LogP) is 4.13. The molecule has 182 valence electrons. The maximum Gasteiger partial charge on any atom is 0.264 e. The largest absolute Gasteiger partial charge is 0.486 e. The topological polar surface area (TPSA) is 76.1 Å². The number of amides is 1. The molecule has 2 unspecified atom stereocenters. The quantitative estimate of drug-likeness (QED) is 0.517. The zero-order valence-corrected chi connectivity index (χ0v) is 20.6. The highest BCUT2D eigenvalue weighted by molar-refractivity contribution is 7.92. The lowest BCUT2D eigenvalue weighted by Crippen LogP contribution is -2.43. The number of likely N-dealkylation sites (N-methyl/N-ethyl adjacent to an activating group) is 1. The van der Waals surface area contributed by atoms with Crippen molar-refractivity contribution in [3.05, 3.63) is 83.9 Å². The fraction of sp³-hybridized carbons (Fsp3) is 0.296. The van der Waals surface area contributed by atoms with E-state index < -0.39 is 10.0 Å². The van der Waals surface area contributed by atoms with Crippen LogP contribution in [-0.4, -0.2) is 51.1 Å². The number of anilines is 1. The molecular weight excluding hydrogens is 464 g/mol. The summed E-state index contributed by atoms with van der Waals surface area (Å²) >= 11 is 0. The van der Waals surface area contributed by atoms with Crippen LogP contribution < -0.4 is 13.8 Å². The molecule has 3 aromatic carbocycles. The molecular formula is C27H28N2O5S. The van der Waals surface area contributed by atoms with Gasteiger partial charge in [-0.1, -0.05) is 36.4 Å². The Labute approximate surface area is 205 Å². The van der Waals surface area contributed by atoms with E-state index in [2.05, 4.69) is 0 Å². The van der Waals surface area contributed by atoms with Crippen LogP contribution in [0.15, 0.2) is 77.7 Å². The summed E-state index contributed by atoms with van der Waals surface area (Å²) in [6.45, 7) is 4.90. The maximum absolute atomic E-state index is 13.6. The van der Waals surface area contributed by atoms with Gasteiger partial charge in [0.05, 0.1) is 17.1 Å². The minimum absolute atomic E-state index is 0.106. The van der Waals surface area contributed by atoms with Gasteiger partial charge < -0.3 is 14.4 Å². The Morgan fingerprint density at radius 2 is 1.77 bits per heavy atom. The van der Waals surface area contributed by atoms with E-state index in [0.717, 1.165) is 5.56 Å². The Morgan fingerprint density at radius 1 is 1.03 bits per heavy atom. The van der Waals surface area contributed by atoms with Crippen molar-refractivity contribution in [1.82, 2.24) is 4.90 Å². The van der Waals surface area contributed by atoms with Crippen molar-refractivity contribution in [3.8, 4) is 11.5 Å². The number of hydrogen-bond donors (Lipinski definition) is 0. The zero-order valence-electron chi connectivity index (χ0n) is 19.8. The van der Waals surface area contributed by atoms with Gasteiger partial charge in [0.1, 0.15) is 6.61 Å². The van der Waals surface area contributed by atoms with Crippen molar-refractivity contribution >= 4 is 21.6 Å². The fourth-order valence-electron chi connectivity index (χ4n) is 4.74. The molecule has 0 saturated heterocycles. The number of para-hydroxylation sites is 3. The Morgan fingerprint density at radius 3 is 2.57 bits per heavy atom. The summed E-state index contributed by atoms with van der Waals surface area (Å²) in [6, 6.07) is 21.1. The fourth-order valence-corrected chi connectivity index (χ4v) is 6.48. The molecule has 0 N–H and O–H groups in total. The van der Waals surface area contributed by atoms with Crippen molar-refractivity contribution in [2.24, 2.45) is 0 Å². The molecule has 3 aromatic rings. The molecule has 0 bridgehead atoms. The van der Waals surface area contributed by atoms with Gasteiger partial charge in [-0.25, -0.2) is 8.42 Å². The molecule has 0 aromatic heterocycles. The highest BCUT2D eigenvalue weighted by Crippen LogP contribution is 2.36. The smallest absolute Gasteiger partial charge is 0.264 e. The standard InChI is InChI=1S/C27H28N2O5S/c1-3-28(17-22-18-33-25-13-6-7-14-26(25)34-22)27(30)21-10-8-11-23(16-21)35(31,32)29-19(2)15-20-9-4-5-12-24(20)29/h4-14,16,19,22H,3,15,17-18H2,1-2H3. The molecule has 2 aliphatic rings. The van der Waals surface area contributed by atoms with Crippen LogP contribution in [-0.2, 0) is 16.4 Å². The molecule has 7 nitrogen and oxygen atoms in total. The molecule has 0 radical (unpaired) electrons. The van der Waals surface area contributed by atoms with Crippen molar-refractivity contribution < 1.29 is 22.7 Å². The van der Waals surface area contributed by atoms with Gasteiger partial charge in [0.15, 0.2) is 17.6 Å². The summed E-state index contributed by atoms with van der Waals surface area (Å²) in [5.74, 6) is 1.09. The summed E-state index contributed by atoms with van der Waals surface area (Å²) in [6.07, 6.45) is 0.340. The van der Waals surface area contributed by atoms with Crippen LogP contribution in [0.4, 0.5) is 5.69 Å². The minimum Gasteiger partial charge on any atom is -0.486 e. The summed E-state index contributed by atoms with van der Waals surface area (Å²) in [5, 5.41) is 0. The third-order valence-corrected chi connectivity index (χ3v) is 8.37. The Kier molecular flexibility index (Phi) is 6.15. The number of nitrogens with zero attached hydrogens (tertiary/aromatic N) is 2. The number of carbonyl (C=O) groups excluding carboxylic acids is 1. The molecule has 35 heavy (non-hydrogen) atoms. The van der Waals surface area contributed by atoms with Gasteiger partial charge >= 0.3 is 0 Å². The number of carbonyl (C=O) groups is 1. The molecule has 8 heteroatoms. The third kappa shape index (κ3) is 4.34. The van der Waals surface area contributed by atoms with Crippen LogP contribution in [0, 0.1) is 0 Å². The molecule has 0 fully saturated rings. The predicted molar refractivity (Wildman–Crippen MR) is 134 cm³/mol. The second-order valence-electron chi connectivity index (χ2n) is 8.85. The summed E-state index contributed by atoms with van der Waals surface area (Å²) < 4.78 is 40.5. The average Bonchev–Trinajstić information content (AvgIpc) is 3.23. The minimum atomic E-state index is -3.83. The molecule has 2 atom stereocenters. The Hall–Kier alpha value is -3.52. The average molecular weight is 493 g/mol. The van der Waals surface area contributed by atoms with Gasteiger partial charge in [-0.15, -0.1) is 0 Å². The van der Waals surface area contributed by atoms with Gasteiger partial charge in [0.25, 0.3) is 15.9 Å². The van der Waals surface area contributed by atoms with Gasteiger partial charge in [-0.05, 0) is 62.2 Å². The Bertz CT molecular complexity index is 1360. The van der Waals surface area contributed by atoms with Crippen LogP contribution in [0.1, 0.15) is 29.8 Å². The summed E-state index contributed by atoms with van der Waals surface area (Å²) in [5.41, 5.74) is 2.02. The van der Waals surface area contributed by atoms with Crippen molar-refractivity contribution in [2.45, 2.75) is 37.3 Å². The molecule has 0 aliphatic carbocycles. The first-order valence-electron chi connectivity index (χ1n) is 11.8. The highest BCUT2D eigenvalue weighted by atomic mass is 32.2. The number of benzene rings is 3. The van der Waals surface area contributed by atoms with Crippen LogP contribution in [0.5, 0.6) is 11.5 Å². The van der Waals surface area contributed by atoms with Gasteiger partial charge in [0, 0.05) is 18.2 Å².